The number of aromatic amines is 1. The van der Waals surface area contributed by atoms with Crippen LogP contribution in [0.5, 0.6) is 17.4 Å². The van der Waals surface area contributed by atoms with E-state index in [1.54, 1.807) is 21.9 Å². The summed E-state index contributed by atoms with van der Waals surface area (Å²) in [4.78, 5) is 54.7. The van der Waals surface area contributed by atoms with Crippen molar-refractivity contribution >= 4 is 99.1 Å². The quantitative estimate of drug-likeness (QED) is 0.0472. The highest BCUT2D eigenvalue weighted by Gasteiger charge is 2.21. The average Bonchev–Trinajstić information content (AvgIpc) is 4.16. The summed E-state index contributed by atoms with van der Waals surface area (Å²) in [6, 6.07) is 36.5. The molecule has 1 N–H and O–H groups in total. The van der Waals surface area contributed by atoms with Crippen molar-refractivity contribution < 1.29 is 23.8 Å². The zero-order chi connectivity index (χ0) is 53.9. The molecule has 0 aliphatic carbocycles. The van der Waals surface area contributed by atoms with Crippen molar-refractivity contribution in [2.45, 2.75) is 53.4 Å². The number of thiophene rings is 2. The Balaban J connectivity index is 0.000000181. The van der Waals surface area contributed by atoms with Crippen molar-refractivity contribution in [1.82, 2.24) is 29.6 Å². The molecule has 0 saturated carbocycles. The SMILES string of the molecule is CCN(CC)C(=O)Cl.CCN(CC)C(=O)Oc1ccc2ccc(OCCCCN3CCN(c4cccc5sccc45)CC3)cc2n1.O=c1ccc2ccc(OCCCCN3CCN(c4cccc5sccc45)CC3)cc2[nH]1. The summed E-state index contributed by atoms with van der Waals surface area (Å²) in [6.45, 7) is 22.5. The number of hydrogen-bond acceptors (Lipinski definition) is 13. The van der Waals surface area contributed by atoms with Gasteiger partial charge in [-0.1, -0.05) is 12.1 Å². The average molecular weight is 1100 g/mol. The lowest BCUT2D eigenvalue weighted by Gasteiger charge is -2.36. The molecule has 0 bridgehead atoms. The first-order valence-corrected chi connectivity index (χ1v) is 29.3. The lowest BCUT2D eigenvalue weighted by atomic mass is 10.2. The number of aromatic nitrogens is 2. The van der Waals surface area contributed by atoms with E-state index in [9.17, 15) is 14.4 Å². The number of amides is 2. The molecule has 4 aromatic heterocycles. The molecule has 6 heterocycles. The molecule has 0 atom stereocenters. The first-order chi connectivity index (χ1) is 37.6. The monoisotopic (exact) mass is 1100 g/mol. The van der Waals surface area contributed by atoms with Crippen molar-refractivity contribution in [2.24, 2.45) is 0 Å². The Morgan fingerprint density at radius 2 is 1.10 bits per heavy atom. The number of hydrogen-bond donors (Lipinski definition) is 1. The predicted molar refractivity (Wildman–Crippen MR) is 320 cm³/mol. The molecular formula is C60H73ClN8O6S2. The fourth-order valence-corrected chi connectivity index (χ4v) is 11.6. The number of carbonyl (C=O) groups is 2. The number of ether oxygens (including phenoxy) is 3. The van der Waals surface area contributed by atoms with E-state index in [1.165, 1.54) is 31.5 Å². The van der Waals surface area contributed by atoms with Crippen molar-refractivity contribution in [3.63, 3.8) is 0 Å². The number of pyridine rings is 2. The minimum atomic E-state index is -0.379. The van der Waals surface area contributed by atoms with E-state index in [0.29, 0.717) is 45.3 Å². The van der Waals surface area contributed by atoms with Gasteiger partial charge < -0.3 is 38.8 Å². The van der Waals surface area contributed by atoms with Gasteiger partial charge in [-0.3, -0.25) is 19.4 Å². The Kier molecular flexibility index (Phi) is 21.2. The van der Waals surface area contributed by atoms with Crippen molar-refractivity contribution in [3.05, 3.63) is 130 Å². The fraction of sp³-hybridized carbons (Fsp3) is 0.400. The van der Waals surface area contributed by atoms with Gasteiger partial charge >= 0.3 is 11.5 Å². The standard InChI is InChI=1S/C30H36N4O3S.C25H27N3O2S.C5H10ClNO/c1-3-33(4-2)30(35)37-29-13-11-23-10-12-24(22-26(23)31-29)36-20-6-5-15-32-16-18-34(19-17-32)27-8-7-9-28-25(27)14-21-38-28;29-25-9-7-19-6-8-20(18-22(19)26-25)30-16-2-1-11-27-12-14-28(15-13-27)23-4-3-5-24-21(23)10-17-31-24;1-3-7(4-2)5(6)8/h7-14,21-22H,3-6,15-20H2,1-2H3;3-10,17-18H,1-2,11-16H2,(H,26,29);3-4H2,1-2H3. The van der Waals surface area contributed by atoms with Gasteiger partial charge in [0.15, 0.2) is 0 Å². The van der Waals surface area contributed by atoms with Crippen LogP contribution in [0.1, 0.15) is 53.4 Å². The molecule has 77 heavy (non-hydrogen) atoms. The summed E-state index contributed by atoms with van der Waals surface area (Å²) in [6.07, 6.45) is 3.89. The lowest BCUT2D eigenvalue weighted by molar-refractivity contribution is 0.155. The summed E-state index contributed by atoms with van der Waals surface area (Å²) >= 11 is 8.76. The number of nitrogens with zero attached hydrogens (tertiary/aromatic N) is 7. The zero-order valence-electron chi connectivity index (χ0n) is 45.0. The van der Waals surface area contributed by atoms with Crippen LogP contribution in [0.4, 0.5) is 21.0 Å². The van der Waals surface area contributed by atoms with E-state index in [2.05, 4.69) is 88.9 Å². The molecule has 0 radical (unpaired) electrons. The highest BCUT2D eigenvalue weighted by atomic mass is 35.5. The second kappa shape index (κ2) is 28.8. The number of benzene rings is 4. The van der Waals surface area contributed by atoms with Crippen LogP contribution in [0.2, 0.25) is 0 Å². The molecule has 408 valence electrons. The Labute approximate surface area is 465 Å². The maximum atomic E-state index is 12.2. The molecule has 0 unspecified atom stereocenters. The number of fused-ring (bicyclic) bond motifs is 4. The van der Waals surface area contributed by atoms with Crippen LogP contribution in [0, 0.1) is 0 Å². The van der Waals surface area contributed by atoms with Crippen LogP contribution < -0.4 is 29.6 Å². The largest absolute Gasteiger partial charge is 0.494 e. The van der Waals surface area contributed by atoms with Crippen LogP contribution in [0.15, 0.2) is 125 Å². The van der Waals surface area contributed by atoms with Crippen LogP contribution in [-0.4, -0.2) is 146 Å². The number of piperazine rings is 2. The van der Waals surface area contributed by atoms with E-state index in [0.717, 1.165) is 124 Å². The summed E-state index contributed by atoms with van der Waals surface area (Å²) in [7, 11) is 0. The molecule has 4 aromatic carbocycles. The van der Waals surface area contributed by atoms with Gasteiger partial charge in [-0.05, 0) is 167 Å². The van der Waals surface area contributed by atoms with Crippen LogP contribution in [-0.2, 0) is 0 Å². The molecule has 2 aliphatic rings. The summed E-state index contributed by atoms with van der Waals surface area (Å²) in [5, 5.41) is 8.76. The molecule has 14 nitrogen and oxygen atoms in total. The van der Waals surface area contributed by atoms with Crippen molar-refractivity contribution in [1.29, 1.82) is 0 Å². The second-order valence-corrected chi connectivity index (χ2v) is 21.2. The fourth-order valence-electron chi connectivity index (χ4n) is 9.74. The molecule has 0 spiro atoms. The van der Waals surface area contributed by atoms with Gasteiger partial charge in [0.2, 0.25) is 11.4 Å². The highest BCUT2D eigenvalue weighted by Crippen LogP contribution is 2.33. The first-order valence-electron chi connectivity index (χ1n) is 27.2. The van der Waals surface area contributed by atoms with Gasteiger partial charge in [0.25, 0.3) is 0 Å². The van der Waals surface area contributed by atoms with Gasteiger partial charge in [0, 0.05) is 140 Å². The minimum Gasteiger partial charge on any atom is -0.494 e. The Hall–Kier alpha value is -6.43. The summed E-state index contributed by atoms with van der Waals surface area (Å²) in [5.41, 5.74) is 4.24. The van der Waals surface area contributed by atoms with E-state index >= 15 is 0 Å². The maximum Gasteiger partial charge on any atom is 0.416 e. The van der Waals surface area contributed by atoms with E-state index in [1.807, 2.05) is 98.9 Å². The zero-order valence-corrected chi connectivity index (χ0v) is 47.4. The van der Waals surface area contributed by atoms with Gasteiger partial charge in [0.1, 0.15) is 11.5 Å². The molecule has 17 heteroatoms. The normalized spacial score (nSPS) is 14.0. The molecule has 2 fully saturated rings. The van der Waals surface area contributed by atoms with Crippen molar-refractivity contribution in [3.8, 4) is 17.4 Å². The lowest BCUT2D eigenvalue weighted by Crippen LogP contribution is -2.46. The smallest absolute Gasteiger partial charge is 0.416 e. The number of carbonyl (C=O) groups excluding carboxylic acids is 2. The first kappa shape index (κ1) is 56.8. The molecule has 2 saturated heterocycles. The minimum absolute atomic E-state index is 0.0863. The van der Waals surface area contributed by atoms with Crippen LogP contribution in [0.3, 0.4) is 0 Å². The molecule has 2 amide bonds. The number of nitrogens with one attached hydrogen (secondary N) is 1. The van der Waals surface area contributed by atoms with Crippen LogP contribution in [0.25, 0.3) is 42.0 Å². The van der Waals surface area contributed by atoms with Gasteiger partial charge in [-0.2, -0.15) is 0 Å². The number of anilines is 2. The molecule has 2 aliphatic heterocycles. The topological polar surface area (TPSA) is 127 Å². The number of unbranched alkanes of at least 4 members (excludes halogenated alkanes) is 2. The van der Waals surface area contributed by atoms with E-state index in [4.69, 9.17) is 25.8 Å². The number of rotatable bonds is 19. The van der Waals surface area contributed by atoms with Gasteiger partial charge in [-0.25, -0.2) is 9.78 Å². The van der Waals surface area contributed by atoms with E-state index in [-0.39, 0.29) is 17.0 Å². The molecule has 10 rings (SSSR count). The third-order valence-electron chi connectivity index (χ3n) is 14.2. The third kappa shape index (κ3) is 15.8. The summed E-state index contributed by atoms with van der Waals surface area (Å²) < 4.78 is 20.1. The van der Waals surface area contributed by atoms with E-state index < -0.39 is 0 Å². The Morgan fingerprint density at radius 3 is 1.62 bits per heavy atom. The van der Waals surface area contributed by atoms with Crippen LogP contribution >= 0.6 is 34.3 Å². The number of halogens is 1. The maximum absolute atomic E-state index is 12.2. The Morgan fingerprint density at radius 1 is 0.597 bits per heavy atom. The van der Waals surface area contributed by atoms with Crippen molar-refractivity contribution in [2.75, 3.05) is 115 Å². The van der Waals surface area contributed by atoms with Gasteiger partial charge in [0.05, 0.1) is 24.2 Å². The third-order valence-corrected chi connectivity index (χ3v) is 16.2. The summed E-state index contributed by atoms with van der Waals surface area (Å²) in [5.74, 6) is 1.90. The number of H-pyrrole nitrogens is 1. The highest BCUT2D eigenvalue weighted by molar-refractivity contribution is 7.17. The molecule has 8 aromatic rings. The van der Waals surface area contributed by atoms with Gasteiger partial charge in [-0.15, -0.1) is 22.7 Å². The Bertz CT molecular complexity index is 3200. The second-order valence-electron chi connectivity index (χ2n) is 19.0. The molecular weight excluding hydrogens is 1030 g/mol. The predicted octanol–water partition coefficient (Wildman–Crippen LogP) is 12.7.